The second-order valence-electron chi connectivity index (χ2n) is 5.21. The van der Waals surface area contributed by atoms with Crippen molar-refractivity contribution in [2.75, 3.05) is 6.61 Å². The van der Waals surface area contributed by atoms with Gasteiger partial charge in [-0.2, -0.15) is 0 Å². The molecule has 3 aromatic rings. The van der Waals surface area contributed by atoms with E-state index in [2.05, 4.69) is 72.8 Å². The van der Waals surface area contributed by atoms with E-state index >= 15 is 0 Å². The molecule has 1 nitrogen and oxygen atoms in total. The number of hydrogen-bond acceptors (Lipinski definition) is 2. The van der Waals surface area contributed by atoms with Crippen LogP contribution in [-0.4, -0.2) is 6.61 Å². The van der Waals surface area contributed by atoms with Crippen molar-refractivity contribution in [1.82, 2.24) is 0 Å². The van der Waals surface area contributed by atoms with Crippen molar-refractivity contribution in [2.24, 2.45) is 0 Å². The van der Waals surface area contributed by atoms with Crippen molar-refractivity contribution in [3.8, 4) is 5.75 Å². The Labute approximate surface area is 144 Å². The molecule has 23 heavy (non-hydrogen) atoms. The topological polar surface area (TPSA) is 9.23 Å². The highest BCUT2D eigenvalue weighted by molar-refractivity contribution is 8.04. The minimum Gasteiger partial charge on any atom is -0.494 e. The molecule has 3 aromatic carbocycles. The van der Waals surface area contributed by atoms with Gasteiger partial charge in [-0.15, -0.1) is 0 Å². The van der Waals surface area contributed by atoms with Crippen LogP contribution in [0.1, 0.15) is 6.92 Å². The lowest BCUT2D eigenvalue weighted by Crippen LogP contribution is -2.10. The van der Waals surface area contributed by atoms with Crippen LogP contribution >= 0.6 is 11.8 Å². The smallest absolute Gasteiger partial charge is 0.180 e. The van der Waals surface area contributed by atoms with Crippen LogP contribution in [0.15, 0.2) is 97.3 Å². The predicted molar refractivity (Wildman–Crippen MR) is 96.8 cm³/mol. The van der Waals surface area contributed by atoms with Crippen LogP contribution in [-0.2, 0) is 10.9 Å². The van der Waals surface area contributed by atoms with Crippen molar-refractivity contribution >= 4 is 22.7 Å². The molecule has 0 saturated heterocycles. The fraction of sp³-hybridized carbons (Fsp3) is 0.100. The zero-order valence-electron chi connectivity index (χ0n) is 12.9. The molecule has 114 valence electrons. The van der Waals surface area contributed by atoms with Crippen LogP contribution in [0.4, 0.5) is 0 Å². The minimum absolute atomic E-state index is 0.0465. The molecule has 4 rings (SSSR count). The Morgan fingerprint density at radius 3 is 1.91 bits per heavy atom. The molecule has 3 heteroatoms. The zero-order valence-corrected chi connectivity index (χ0v) is 14.5. The number of benzene rings is 3. The van der Waals surface area contributed by atoms with Gasteiger partial charge in [0, 0.05) is 0 Å². The first-order chi connectivity index (χ1) is 11.4. The van der Waals surface area contributed by atoms with Crippen LogP contribution in [0.2, 0.25) is 0 Å². The summed E-state index contributed by atoms with van der Waals surface area (Å²) in [5, 5.41) is 0. The number of fused-ring (bicyclic) bond motifs is 2. The Morgan fingerprint density at radius 1 is 0.783 bits per heavy atom. The highest BCUT2D eigenvalue weighted by Gasteiger charge is 2.37. The van der Waals surface area contributed by atoms with E-state index in [0.29, 0.717) is 6.61 Å². The highest BCUT2D eigenvalue weighted by atomic mass is 32.2. The average Bonchev–Trinajstić information content (AvgIpc) is 2.61. The molecule has 0 bridgehead atoms. The molecule has 0 radical (unpaired) electrons. The van der Waals surface area contributed by atoms with Crippen molar-refractivity contribution in [3.63, 3.8) is 0 Å². The van der Waals surface area contributed by atoms with Gasteiger partial charge in [-0.1, -0.05) is 36.0 Å². The van der Waals surface area contributed by atoms with E-state index in [1.165, 1.54) is 24.5 Å². The van der Waals surface area contributed by atoms with E-state index < -0.39 is 0 Å². The molecule has 0 unspecified atom stereocenters. The fourth-order valence-electron chi connectivity index (χ4n) is 2.74. The predicted octanol–water partition coefficient (Wildman–Crippen LogP) is 5.65. The van der Waals surface area contributed by atoms with E-state index in [1.807, 2.05) is 18.7 Å². The minimum atomic E-state index is -0.0465. The van der Waals surface area contributed by atoms with Gasteiger partial charge in [0.15, 0.2) is 14.7 Å². The third-order valence-corrected chi connectivity index (χ3v) is 7.47. The van der Waals surface area contributed by atoms with Gasteiger partial charge in [0.25, 0.3) is 0 Å². The van der Waals surface area contributed by atoms with E-state index in [0.717, 1.165) is 5.75 Å². The molecule has 1 heterocycles. The fourth-order valence-corrected chi connectivity index (χ4v) is 6.47. The average molecular weight is 337 g/mol. The van der Waals surface area contributed by atoms with Crippen LogP contribution in [0, 0.1) is 0 Å². The SMILES string of the molecule is CCOc1ccc([S+]2c3ccccc3Sc3ccccc32)cc1. The van der Waals surface area contributed by atoms with Gasteiger partial charge in [0.05, 0.1) is 16.4 Å². The number of rotatable bonds is 3. The third-order valence-electron chi connectivity index (χ3n) is 3.73. The summed E-state index contributed by atoms with van der Waals surface area (Å²) in [5.74, 6) is 0.938. The van der Waals surface area contributed by atoms with E-state index in [9.17, 15) is 0 Å². The first-order valence-corrected chi connectivity index (χ1v) is 9.74. The van der Waals surface area contributed by atoms with Gasteiger partial charge >= 0.3 is 0 Å². The molecule has 1 aliphatic heterocycles. The molecule has 0 saturated carbocycles. The maximum Gasteiger partial charge on any atom is 0.180 e. The second-order valence-corrected chi connectivity index (χ2v) is 8.25. The molecule has 0 atom stereocenters. The summed E-state index contributed by atoms with van der Waals surface area (Å²) < 4.78 is 5.59. The lowest BCUT2D eigenvalue weighted by Gasteiger charge is -2.18. The summed E-state index contributed by atoms with van der Waals surface area (Å²) in [6, 6.07) is 26.1. The van der Waals surface area contributed by atoms with Crippen LogP contribution in [0.25, 0.3) is 0 Å². The molecule has 0 amide bonds. The van der Waals surface area contributed by atoms with Crippen molar-refractivity contribution in [1.29, 1.82) is 0 Å². The molecule has 0 spiro atoms. The van der Waals surface area contributed by atoms with Gasteiger partial charge in [-0.3, -0.25) is 0 Å². The Bertz CT molecular complexity index is 782. The highest BCUT2D eigenvalue weighted by Crippen LogP contribution is 2.48. The summed E-state index contributed by atoms with van der Waals surface area (Å²) in [5.41, 5.74) is 0. The van der Waals surface area contributed by atoms with Crippen LogP contribution in [0.3, 0.4) is 0 Å². The maximum atomic E-state index is 5.59. The Morgan fingerprint density at radius 2 is 1.35 bits per heavy atom. The first kappa shape index (κ1) is 14.7. The first-order valence-electron chi connectivity index (χ1n) is 7.70. The number of hydrogen-bond donors (Lipinski definition) is 0. The molecule has 1 aliphatic rings. The third kappa shape index (κ3) is 2.75. The summed E-state index contributed by atoms with van der Waals surface area (Å²) >= 11 is 1.87. The summed E-state index contributed by atoms with van der Waals surface area (Å²) in [6.45, 7) is 2.72. The molecule has 0 aromatic heterocycles. The Balaban J connectivity index is 1.84. The molecular weight excluding hydrogens is 320 g/mol. The second kappa shape index (κ2) is 6.34. The van der Waals surface area contributed by atoms with E-state index in [-0.39, 0.29) is 10.9 Å². The maximum absolute atomic E-state index is 5.59. The van der Waals surface area contributed by atoms with Gasteiger partial charge in [-0.25, -0.2) is 0 Å². The van der Waals surface area contributed by atoms with Gasteiger partial charge in [0.1, 0.15) is 16.6 Å². The molecule has 0 N–H and O–H groups in total. The van der Waals surface area contributed by atoms with Crippen LogP contribution < -0.4 is 4.74 Å². The standard InChI is InChI=1S/C20H17OS2/c1-2-21-15-11-13-16(14-12-15)23-19-9-5-3-7-17(19)22-18-8-4-6-10-20(18)23/h3-14H,2H2,1H3/q+1. The van der Waals surface area contributed by atoms with Gasteiger partial charge in [-0.05, 0) is 55.5 Å². The molecular formula is C20H17OS2+. The van der Waals surface area contributed by atoms with Gasteiger partial charge in [0.2, 0.25) is 0 Å². The summed E-state index contributed by atoms with van der Waals surface area (Å²) in [7, 11) is -0.0465. The zero-order chi connectivity index (χ0) is 15.6. The lowest BCUT2D eigenvalue weighted by molar-refractivity contribution is 0.340. The normalized spacial score (nSPS) is 13.3. The summed E-state index contributed by atoms with van der Waals surface area (Å²) in [4.78, 5) is 6.90. The number of ether oxygens (including phenoxy) is 1. The van der Waals surface area contributed by atoms with Crippen molar-refractivity contribution < 1.29 is 4.74 Å². The van der Waals surface area contributed by atoms with Crippen molar-refractivity contribution in [3.05, 3.63) is 72.8 Å². The van der Waals surface area contributed by atoms with E-state index in [4.69, 9.17) is 4.74 Å². The Hall–Kier alpha value is -1.84. The van der Waals surface area contributed by atoms with E-state index in [1.54, 1.807) is 0 Å². The lowest BCUT2D eigenvalue weighted by atomic mass is 10.3. The largest absolute Gasteiger partial charge is 0.494 e. The molecule has 0 aliphatic carbocycles. The van der Waals surface area contributed by atoms with Crippen LogP contribution in [0.5, 0.6) is 5.75 Å². The summed E-state index contributed by atoms with van der Waals surface area (Å²) in [6.07, 6.45) is 0. The molecule has 0 fully saturated rings. The Kier molecular flexibility index (Phi) is 4.06. The van der Waals surface area contributed by atoms with Crippen molar-refractivity contribution in [2.45, 2.75) is 31.4 Å². The monoisotopic (exact) mass is 337 g/mol. The van der Waals surface area contributed by atoms with Gasteiger partial charge < -0.3 is 4.74 Å². The quantitative estimate of drug-likeness (QED) is 0.447.